The summed E-state index contributed by atoms with van der Waals surface area (Å²) in [5.41, 5.74) is 3.94. The molecule has 0 saturated carbocycles. The van der Waals surface area contributed by atoms with Crippen LogP contribution in [0.25, 0.3) is 0 Å². The molecule has 3 nitrogen and oxygen atoms in total. The fraction of sp³-hybridized carbons (Fsp3) is 0.562. The summed E-state index contributed by atoms with van der Waals surface area (Å²) in [5.74, 6) is 0.465. The van der Waals surface area contributed by atoms with Crippen LogP contribution in [-0.2, 0) is 13.0 Å². The molecular weight excluding hydrogens is 238 g/mol. The predicted octanol–water partition coefficient (Wildman–Crippen LogP) is 2.71. The molecule has 1 aromatic carbocycles. The lowest BCUT2D eigenvalue weighted by Gasteiger charge is -2.32. The Balaban J connectivity index is 2.48. The first-order valence-corrected chi connectivity index (χ1v) is 7.03. The van der Waals surface area contributed by atoms with Gasteiger partial charge >= 0.3 is 0 Å². The summed E-state index contributed by atoms with van der Waals surface area (Å²) in [5, 5.41) is 9.51. The lowest BCUT2D eigenvalue weighted by molar-refractivity contribution is 0.0688. The lowest BCUT2D eigenvalue weighted by atomic mass is 9.88. The molecule has 0 aliphatic carbocycles. The highest BCUT2D eigenvalue weighted by Gasteiger charge is 2.27. The third-order valence-electron chi connectivity index (χ3n) is 3.89. The van der Waals surface area contributed by atoms with E-state index in [2.05, 4.69) is 19.9 Å². The second kappa shape index (κ2) is 5.33. The van der Waals surface area contributed by atoms with Gasteiger partial charge in [0.1, 0.15) is 0 Å². The number of rotatable bonds is 3. The van der Waals surface area contributed by atoms with E-state index in [1.54, 1.807) is 0 Å². The van der Waals surface area contributed by atoms with Crippen molar-refractivity contribution in [2.24, 2.45) is 0 Å². The third kappa shape index (κ3) is 2.52. The van der Waals surface area contributed by atoms with E-state index >= 15 is 0 Å². The zero-order chi connectivity index (χ0) is 14.2. The highest BCUT2D eigenvalue weighted by molar-refractivity contribution is 5.97. The van der Waals surface area contributed by atoms with Crippen LogP contribution in [0.2, 0.25) is 0 Å². The molecule has 104 valence electrons. The second-order valence-electron chi connectivity index (χ2n) is 5.86. The number of fused-ring (bicyclic) bond motifs is 1. The van der Waals surface area contributed by atoms with Crippen molar-refractivity contribution in [3.63, 3.8) is 0 Å². The topological polar surface area (TPSA) is 40.5 Å². The first kappa shape index (κ1) is 14.1. The molecule has 0 atom stereocenters. The van der Waals surface area contributed by atoms with Gasteiger partial charge in [-0.3, -0.25) is 4.79 Å². The number of carbonyl (C=O) groups excluding carboxylic acids is 1. The van der Waals surface area contributed by atoms with Crippen LogP contribution in [-0.4, -0.2) is 28.5 Å². The molecule has 0 fully saturated rings. The fourth-order valence-electron chi connectivity index (χ4n) is 2.78. The number of carbonyl (C=O) groups is 1. The van der Waals surface area contributed by atoms with Crippen molar-refractivity contribution in [2.45, 2.75) is 52.7 Å². The summed E-state index contributed by atoms with van der Waals surface area (Å²) in [7, 11) is 0. The molecule has 1 heterocycles. The molecule has 0 unspecified atom stereocenters. The van der Waals surface area contributed by atoms with Gasteiger partial charge in [-0.15, -0.1) is 0 Å². The van der Waals surface area contributed by atoms with Crippen LogP contribution in [0.15, 0.2) is 12.1 Å². The predicted molar refractivity (Wildman–Crippen MR) is 76.3 cm³/mol. The number of aliphatic hydroxyl groups excluding tert-OH is 1. The van der Waals surface area contributed by atoms with Crippen LogP contribution in [0, 0.1) is 0 Å². The maximum Gasteiger partial charge on any atom is 0.254 e. The van der Waals surface area contributed by atoms with Gasteiger partial charge in [-0.2, -0.15) is 0 Å². The minimum atomic E-state index is -0.00421. The minimum Gasteiger partial charge on any atom is -0.392 e. The molecule has 19 heavy (non-hydrogen) atoms. The van der Waals surface area contributed by atoms with Crippen LogP contribution >= 0.6 is 0 Å². The molecule has 0 spiro atoms. The highest BCUT2D eigenvalue weighted by atomic mass is 16.3. The van der Waals surface area contributed by atoms with Crippen molar-refractivity contribution < 1.29 is 9.90 Å². The zero-order valence-electron chi connectivity index (χ0n) is 12.2. The average Bonchev–Trinajstić information content (AvgIpc) is 2.37. The van der Waals surface area contributed by atoms with Crippen molar-refractivity contribution in [2.75, 3.05) is 6.54 Å². The van der Waals surface area contributed by atoms with Gasteiger partial charge in [0.05, 0.1) is 6.61 Å². The fourth-order valence-corrected chi connectivity index (χ4v) is 2.78. The largest absolute Gasteiger partial charge is 0.392 e. The van der Waals surface area contributed by atoms with Crippen molar-refractivity contribution >= 4 is 5.91 Å². The van der Waals surface area contributed by atoms with Crippen molar-refractivity contribution in [1.82, 2.24) is 4.90 Å². The van der Waals surface area contributed by atoms with Gasteiger partial charge in [0.2, 0.25) is 0 Å². The number of nitrogens with zero attached hydrogens (tertiary/aromatic N) is 1. The SMILES string of the molecule is CC(C)c1cc2c(cc1CO)C(=O)N(C(C)C)CC2. The molecule has 3 heteroatoms. The van der Waals surface area contributed by atoms with Crippen LogP contribution < -0.4 is 0 Å². The van der Waals surface area contributed by atoms with Gasteiger partial charge in [-0.1, -0.05) is 19.9 Å². The second-order valence-corrected chi connectivity index (χ2v) is 5.86. The average molecular weight is 261 g/mol. The Morgan fingerprint density at radius 1 is 1.26 bits per heavy atom. The molecule has 0 bridgehead atoms. The molecule has 2 rings (SSSR count). The van der Waals surface area contributed by atoms with Crippen molar-refractivity contribution in [3.8, 4) is 0 Å². The monoisotopic (exact) mass is 261 g/mol. The third-order valence-corrected chi connectivity index (χ3v) is 3.89. The Kier molecular flexibility index (Phi) is 3.95. The number of amides is 1. The molecule has 1 aliphatic rings. The van der Waals surface area contributed by atoms with E-state index in [0.717, 1.165) is 35.2 Å². The number of hydrogen-bond donors (Lipinski definition) is 1. The molecule has 1 N–H and O–H groups in total. The highest BCUT2D eigenvalue weighted by Crippen LogP contribution is 2.28. The van der Waals surface area contributed by atoms with E-state index in [0.29, 0.717) is 5.92 Å². The number of aliphatic hydroxyl groups is 1. The van der Waals surface area contributed by atoms with E-state index in [1.807, 2.05) is 24.8 Å². The molecule has 0 aromatic heterocycles. The molecule has 0 radical (unpaired) electrons. The van der Waals surface area contributed by atoms with Crippen molar-refractivity contribution in [1.29, 1.82) is 0 Å². The molecular formula is C16H23NO2. The van der Waals surface area contributed by atoms with Gasteiger partial charge in [0.25, 0.3) is 5.91 Å². The number of hydrogen-bond acceptors (Lipinski definition) is 2. The molecule has 1 amide bonds. The van der Waals surface area contributed by atoms with Gasteiger partial charge in [-0.05, 0) is 48.9 Å². The van der Waals surface area contributed by atoms with Gasteiger partial charge < -0.3 is 10.0 Å². The van der Waals surface area contributed by atoms with Gasteiger partial charge in [0.15, 0.2) is 0 Å². The quantitative estimate of drug-likeness (QED) is 0.909. The summed E-state index contributed by atoms with van der Waals surface area (Å²) < 4.78 is 0. The Labute approximate surface area is 115 Å². The Morgan fingerprint density at radius 3 is 2.47 bits per heavy atom. The maximum atomic E-state index is 12.5. The first-order chi connectivity index (χ1) is 8.95. The lowest BCUT2D eigenvalue weighted by Crippen LogP contribution is -2.42. The summed E-state index contributed by atoms with van der Waals surface area (Å²) in [6.45, 7) is 9.10. The summed E-state index contributed by atoms with van der Waals surface area (Å²) >= 11 is 0. The Morgan fingerprint density at radius 2 is 1.95 bits per heavy atom. The number of benzene rings is 1. The Bertz CT molecular complexity index is 492. The maximum absolute atomic E-state index is 12.5. The van der Waals surface area contributed by atoms with Gasteiger partial charge in [0, 0.05) is 18.2 Å². The Hall–Kier alpha value is -1.35. The van der Waals surface area contributed by atoms with Crippen LogP contribution in [0.3, 0.4) is 0 Å². The van der Waals surface area contributed by atoms with Gasteiger partial charge in [-0.25, -0.2) is 0 Å². The molecule has 0 saturated heterocycles. The minimum absolute atomic E-state index is 0.00421. The van der Waals surface area contributed by atoms with Crippen molar-refractivity contribution in [3.05, 3.63) is 34.4 Å². The van der Waals surface area contributed by atoms with Crippen LogP contribution in [0.4, 0.5) is 0 Å². The standard InChI is InChI=1S/C16H23NO2/c1-10(2)14-7-12-5-6-17(11(3)4)16(19)15(12)8-13(14)9-18/h7-8,10-11,18H,5-6,9H2,1-4H3. The van der Waals surface area contributed by atoms with Crippen LogP contribution in [0.1, 0.15) is 60.7 Å². The summed E-state index contributed by atoms with van der Waals surface area (Å²) in [4.78, 5) is 14.4. The zero-order valence-corrected chi connectivity index (χ0v) is 12.2. The molecule has 1 aliphatic heterocycles. The van der Waals surface area contributed by atoms with E-state index in [4.69, 9.17) is 0 Å². The summed E-state index contributed by atoms with van der Waals surface area (Å²) in [6, 6.07) is 4.23. The molecule has 1 aromatic rings. The smallest absolute Gasteiger partial charge is 0.254 e. The van der Waals surface area contributed by atoms with Crippen LogP contribution in [0.5, 0.6) is 0 Å². The summed E-state index contributed by atoms with van der Waals surface area (Å²) in [6.07, 6.45) is 0.907. The van der Waals surface area contributed by atoms with E-state index in [9.17, 15) is 9.90 Å². The van der Waals surface area contributed by atoms with E-state index < -0.39 is 0 Å². The van der Waals surface area contributed by atoms with E-state index in [1.165, 1.54) is 0 Å². The normalized spacial score (nSPS) is 15.3. The van der Waals surface area contributed by atoms with E-state index in [-0.39, 0.29) is 18.6 Å². The first-order valence-electron chi connectivity index (χ1n) is 7.03.